The van der Waals surface area contributed by atoms with Crippen molar-refractivity contribution < 1.29 is 24.1 Å². The molecule has 0 saturated carbocycles. The van der Waals surface area contributed by atoms with Crippen LogP contribution in [-0.2, 0) is 38.8 Å². The van der Waals surface area contributed by atoms with E-state index in [4.69, 9.17) is 30.5 Å². The molecule has 0 radical (unpaired) electrons. The fourth-order valence-corrected chi connectivity index (χ4v) is 4.14. The van der Waals surface area contributed by atoms with E-state index in [1.54, 1.807) is 0 Å². The second-order valence-corrected chi connectivity index (χ2v) is 8.31. The number of hydrogen-bond donors (Lipinski definition) is 1. The number of hydrogen-bond acceptors (Lipinski definition) is 5. The molecule has 0 amide bonds. The molecule has 3 aromatic rings. The third kappa shape index (κ3) is 6.64. The van der Waals surface area contributed by atoms with Gasteiger partial charge in [0.05, 0.1) is 25.7 Å². The molecule has 6 heteroatoms. The average Bonchev–Trinajstić information content (AvgIpc) is 2.87. The summed E-state index contributed by atoms with van der Waals surface area (Å²) < 4.78 is 24.6. The molecule has 1 fully saturated rings. The molecular weight excluding hydrogens is 440 g/mol. The van der Waals surface area contributed by atoms with Crippen LogP contribution in [0.1, 0.15) is 16.7 Å². The van der Waals surface area contributed by atoms with E-state index < -0.39 is 30.7 Å². The molecule has 5 nitrogen and oxygen atoms in total. The Labute approximate surface area is 199 Å². The summed E-state index contributed by atoms with van der Waals surface area (Å²) in [6.45, 7) is 1.03. The second-order valence-electron chi connectivity index (χ2n) is 8.00. The van der Waals surface area contributed by atoms with E-state index in [0.29, 0.717) is 19.8 Å². The third-order valence-corrected chi connectivity index (χ3v) is 5.92. The van der Waals surface area contributed by atoms with Gasteiger partial charge in [0.2, 0.25) is 0 Å². The van der Waals surface area contributed by atoms with E-state index >= 15 is 0 Å². The molecule has 3 aromatic carbocycles. The lowest BCUT2D eigenvalue weighted by atomic mass is 9.98. The maximum atomic E-state index is 10.8. The molecule has 1 aliphatic rings. The number of halogens is 1. The number of benzene rings is 3. The highest BCUT2D eigenvalue weighted by atomic mass is 35.5. The molecule has 1 heterocycles. The van der Waals surface area contributed by atoms with Crippen LogP contribution in [0, 0.1) is 0 Å². The van der Waals surface area contributed by atoms with Crippen molar-refractivity contribution in [1.82, 2.24) is 0 Å². The van der Waals surface area contributed by atoms with Gasteiger partial charge in [0.1, 0.15) is 24.4 Å². The Balaban J connectivity index is 1.53. The van der Waals surface area contributed by atoms with Gasteiger partial charge in [-0.15, -0.1) is 11.6 Å². The molecule has 0 aliphatic carbocycles. The second kappa shape index (κ2) is 12.3. The maximum Gasteiger partial charge on any atom is 0.184 e. The molecule has 1 N–H and O–H groups in total. The quantitative estimate of drug-likeness (QED) is 0.437. The molecule has 0 bridgehead atoms. The summed E-state index contributed by atoms with van der Waals surface area (Å²) in [5.41, 5.74) is 3.04. The maximum absolute atomic E-state index is 10.8. The SMILES string of the molecule is O[C@H]1O[C@H](CCl)[C@@H](OCc2ccccc2)[C@H](OCc2ccccc2)[C@H]1OCc1ccccc1. The fraction of sp³-hybridized carbons (Fsp3) is 0.333. The molecule has 5 atom stereocenters. The lowest BCUT2D eigenvalue weighted by Crippen LogP contribution is -2.60. The number of aliphatic hydroxyl groups is 1. The van der Waals surface area contributed by atoms with E-state index in [2.05, 4.69) is 0 Å². The zero-order valence-corrected chi connectivity index (χ0v) is 19.1. The normalized spacial score (nSPS) is 25.1. The molecule has 4 rings (SSSR count). The van der Waals surface area contributed by atoms with Gasteiger partial charge >= 0.3 is 0 Å². The number of rotatable bonds is 10. The van der Waals surface area contributed by atoms with Crippen molar-refractivity contribution in [2.75, 3.05) is 5.88 Å². The van der Waals surface area contributed by atoms with Crippen LogP contribution in [0.25, 0.3) is 0 Å². The van der Waals surface area contributed by atoms with Gasteiger partial charge in [0.15, 0.2) is 6.29 Å². The van der Waals surface area contributed by atoms with Crippen LogP contribution in [0.15, 0.2) is 91.0 Å². The van der Waals surface area contributed by atoms with Crippen LogP contribution >= 0.6 is 11.6 Å². The van der Waals surface area contributed by atoms with Crippen LogP contribution in [0.4, 0.5) is 0 Å². The minimum atomic E-state index is -1.19. The highest BCUT2D eigenvalue weighted by molar-refractivity contribution is 6.18. The highest BCUT2D eigenvalue weighted by Gasteiger charge is 2.47. The topological polar surface area (TPSA) is 57.2 Å². The smallest absolute Gasteiger partial charge is 0.184 e. The molecule has 0 spiro atoms. The monoisotopic (exact) mass is 468 g/mol. The molecule has 0 aromatic heterocycles. The van der Waals surface area contributed by atoms with Gasteiger partial charge in [-0.3, -0.25) is 0 Å². The number of aliphatic hydroxyl groups excluding tert-OH is 1. The van der Waals surface area contributed by atoms with Gasteiger partial charge in [0.25, 0.3) is 0 Å². The van der Waals surface area contributed by atoms with Crippen molar-refractivity contribution >= 4 is 11.6 Å². The van der Waals surface area contributed by atoms with E-state index in [1.807, 2.05) is 91.0 Å². The Hall–Kier alpha value is -2.25. The first kappa shape index (κ1) is 23.9. The Morgan fingerprint density at radius 2 is 1.00 bits per heavy atom. The van der Waals surface area contributed by atoms with Crippen LogP contribution in [0.3, 0.4) is 0 Å². The lowest BCUT2D eigenvalue weighted by Gasteiger charge is -2.44. The van der Waals surface area contributed by atoms with Crippen molar-refractivity contribution in [3.63, 3.8) is 0 Å². The standard InChI is InChI=1S/C27H29ClO5/c28-16-23-24(30-17-20-10-4-1-5-11-20)25(31-18-21-12-6-2-7-13-21)26(27(29)33-23)32-19-22-14-8-3-9-15-22/h1-15,23-27,29H,16-19H2/t23-,24-,25+,26-,27+/m1/s1. The molecule has 0 unspecified atom stereocenters. The Bertz CT molecular complexity index is 941. The summed E-state index contributed by atoms with van der Waals surface area (Å²) in [4.78, 5) is 0. The largest absolute Gasteiger partial charge is 0.368 e. The zero-order valence-electron chi connectivity index (χ0n) is 18.3. The van der Waals surface area contributed by atoms with Gasteiger partial charge < -0.3 is 24.1 Å². The Morgan fingerprint density at radius 1 is 0.606 bits per heavy atom. The van der Waals surface area contributed by atoms with E-state index in [0.717, 1.165) is 16.7 Å². The molecule has 33 heavy (non-hydrogen) atoms. The van der Waals surface area contributed by atoms with Gasteiger partial charge in [0, 0.05) is 0 Å². The average molecular weight is 469 g/mol. The Morgan fingerprint density at radius 3 is 1.42 bits per heavy atom. The zero-order chi connectivity index (χ0) is 22.9. The Kier molecular flexibility index (Phi) is 8.89. The van der Waals surface area contributed by atoms with Gasteiger partial charge in [-0.05, 0) is 16.7 Å². The summed E-state index contributed by atoms with van der Waals surface area (Å²) >= 11 is 6.21. The molecule has 1 saturated heterocycles. The van der Waals surface area contributed by atoms with E-state index in [1.165, 1.54) is 0 Å². The number of alkyl halides is 1. The minimum Gasteiger partial charge on any atom is -0.368 e. The van der Waals surface area contributed by atoms with Crippen LogP contribution in [0.2, 0.25) is 0 Å². The highest BCUT2D eigenvalue weighted by Crippen LogP contribution is 2.30. The van der Waals surface area contributed by atoms with Crippen molar-refractivity contribution in [3.05, 3.63) is 108 Å². The van der Waals surface area contributed by atoms with Crippen LogP contribution in [-0.4, -0.2) is 41.7 Å². The summed E-state index contributed by atoms with van der Waals surface area (Å²) in [7, 11) is 0. The van der Waals surface area contributed by atoms with Gasteiger partial charge in [-0.1, -0.05) is 91.0 Å². The summed E-state index contributed by atoms with van der Waals surface area (Å²) in [6, 6.07) is 29.6. The first-order valence-corrected chi connectivity index (χ1v) is 11.6. The summed E-state index contributed by atoms with van der Waals surface area (Å²) in [5.74, 6) is 0.160. The lowest BCUT2D eigenvalue weighted by molar-refractivity contribution is -0.307. The van der Waals surface area contributed by atoms with E-state index in [9.17, 15) is 5.11 Å². The summed E-state index contributed by atoms with van der Waals surface area (Å²) in [6.07, 6.45) is -3.56. The van der Waals surface area contributed by atoms with Gasteiger partial charge in [-0.25, -0.2) is 0 Å². The predicted molar refractivity (Wildman–Crippen MR) is 127 cm³/mol. The van der Waals surface area contributed by atoms with E-state index in [-0.39, 0.29) is 5.88 Å². The molecule has 1 aliphatic heterocycles. The fourth-order valence-electron chi connectivity index (χ4n) is 3.89. The van der Waals surface area contributed by atoms with Crippen LogP contribution < -0.4 is 0 Å². The molecular formula is C27H29ClO5. The molecule has 174 valence electrons. The van der Waals surface area contributed by atoms with Crippen LogP contribution in [0.5, 0.6) is 0 Å². The number of ether oxygens (including phenoxy) is 4. The van der Waals surface area contributed by atoms with Crippen molar-refractivity contribution in [1.29, 1.82) is 0 Å². The first-order valence-electron chi connectivity index (χ1n) is 11.1. The first-order chi connectivity index (χ1) is 16.2. The third-order valence-electron chi connectivity index (χ3n) is 5.62. The summed E-state index contributed by atoms with van der Waals surface area (Å²) in [5, 5.41) is 10.8. The predicted octanol–water partition coefficient (Wildman–Crippen LogP) is 4.70. The van der Waals surface area contributed by atoms with Crippen molar-refractivity contribution in [2.24, 2.45) is 0 Å². The van der Waals surface area contributed by atoms with Crippen molar-refractivity contribution in [2.45, 2.75) is 50.5 Å². The minimum absolute atomic E-state index is 0.160. The van der Waals surface area contributed by atoms with Crippen molar-refractivity contribution in [3.8, 4) is 0 Å². The van der Waals surface area contributed by atoms with Gasteiger partial charge in [-0.2, -0.15) is 0 Å².